The molecule has 2 aromatic heterocycles. The Morgan fingerprint density at radius 3 is 2.55 bits per heavy atom. The fourth-order valence-electron chi connectivity index (χ4n) is 3.13. The average Bonchev–Trinajstić information content (AvgIpc) is 3.16. The summed E-state index contributed by atoms with van der Waals surface area (Å²) in [6, 6.07) is 20.2. The molecule has 29 heavy (non-hydrogen) atoms. The van der Waals surface area contributed by atoms with E-state index in [0.29, 0.717) is 23.6 Å². The summed E-state index contributed by atoms with van der Waals surface area (Å²) in [7, 11) is 1.82. The van der Waals surface area contributed by atoms with Crippen molar-refractivity contribution in [1.29, 1.82) is 0 Å². The van der Waals surface area contributed by atoms with Crippen LogP contribution in [0, 0.1) is 0 Å². The minimum atomic E-state index is -0.0829. The fourth-order valence-corrected chi connectivity index (χ4v) is 3.13. The number of fused-ring (bicyclic) bond motifs is 1. The molecule has 3 N–H and O–H groups in total. The second-order valence-corrected chi connectivity index (χ2v) is 6.51. The van der Waals surface area contributed by atoms with Gasteiger partial charge in [0.05, 0.1) is 6.20 Å². The first-order chi connectivity index (χ1) is 14.2. The maximum atomic E-state index is 11.8. The van der Waals surface area contributed by atoms with Crippen molar-refractivity contribution in [1.82, 2.24) is 14.6 Å². The van der Waals surface area contributed by atoms with E-state index in [1.165, 1.54) is 0 Å². The first kappa shape index (κ1) is 18.5. The van der Waals surface area contributed by atoms with Crippen molar-refractivity contribution in [3.8, 4) is 11.1 Å². The molecule has 0 spiro atoms. The van der Waals surface area contributed by atoms with E-state index in [4.69, 9.17) is 4.98 Å². The average molecular weight is 386 g/mol. The SMILES string of the molecule is CCC(=O)Nc1cnn2c(NC)cc(Nc3ccccc3-c3ccccc3)nc12. The number of hydrogen-bond donors (Lipinski definition) is 3. The van der Waals surface area contributed by atoms with Gasteiger partial charge in [0, 0.05) is 30.8 Å². The number of amides is 1. The van der Waals surface area contributed by atoms with Gasteiger partial charge in [-0.2, -0.15) is 9.61 Å². The van der Waals surface area contributed by atoms with E-state index >= 15 is 0 Å². The van der Waals surface area contributed by atoms with Crippen molar-refractivity contribution in [2.45, 2.75) is 13.3 Å². The first-order valence-corrected chi connectivity index (χ1v) is 9.47. The molecule has 0 radical (unpaired) electrons. The fraction of sp³-hybridized carbons (Fsp3) is 0.136. The molecule has 146 valence electrons. The quantitative estimate of drug-likeness (QED) is 0.453. The second kappa shape index (κ2) is 8.02. The molecule has 0 atom stereocenters. The molecule has 0 unspecified atom stereocenters. The molecule has 4 rings (SSSR count). The molecule has 4 aromatic rings. The highest BCUT2D eigenvalue weighted by atomic mass is 16.1. The Hall–Kier alpha value is -3.87. The largest absolute Gasteiger partial charge is 0.373 e. The summed E-state index contributed by atoms with van der Waals surface area (Å²) in [4.78, 5) is 16.5. The van der Waals surface area contributed by atoms with E-state index in [1.807, 2.05) is 49.5 Å². The molecular formula is C22H22N6O. The molecule has 0 saturated carbocycles. The van der Waals surface area contributed by atoms with Crippen LogP contribution >= 0.6 is 0 Å². The monoisotopic (exact) mass is 386 g/mol. The van der Waals surface area contributed by atoms with Crippen LogP contribution in [0.1, 0.15) is 13.3 Å². The predicted molar refractivity (Wildman–Crippen MR) is 117 cm³/mol. The molecule has 0 aliphatic rings. The van der Waals surface area contributed by atoms with Crippen molar-refractivity contribution in [2.75, 3.05) is 23.0 Å². The van der Waals surface area contributed by atoms with Crippen LogP contribution < -0.4 is 16.0 Å². The number of nitrogens with zero attached hydrogens (tertiary/aromatic N) is 3. The van der Waals surface area contributed by atoms with E-state index in [2.05, 4.69) is 39.2 Å². The Morgan fingerprint density at radius 1 is 1.03 bits per heavy atom. The van der Waals surface area contributed by atoms with Crippen LogP contribution in [0.3, 0.4) is 0 Å². The molecular weight excluding hydrogens is 364 g/mol. The van der Waals surface area contributed by atoms with Crippen molar-refractivity contribution >= 4 is 34.6 Å². The smallest absolute Gasteiger partial charge is 0.224 e. The van der Waals surface area contributed by atoms with Gasteiger partial charge in [0.25, 0.3) is 0 Å². The summed E-state index contributed by atoms with van der Waals surface area (Å²) in [6.45, 7) is 1.81. The number of aromatic nitrogens is 3. The van der Waals surface area contributed by atoms with Gasteiger partial charge in [0.2, 0.25) is 5.91 Å². The molecule has 2 aromatic carbocycles. The van der Waals surface area contributed by atoms with E-state index < -0.39 is 0 Å². The zero-order chi connectivity index (χ0) is 20.2. The second-order valence-electron chi connectivity index (χ2n) is 6.51. The van der Waals surface area contributed by atoms with Crippen LogP contribution in [-0.4, -0.2) is 27.6 Å². The van der Waals surface area contributed by atoms with E-state index in [9.17, 15) is 4.79 Å². The molecule has 0 saturated heterocycles. The zero-order valence-electron chi connectivity index (χ0n) is 16.3. The van der Waals surface area contributed by atoms with Crippen LogP contribution in [0.2, 0.25) is 0 Å². The van der Waals surface area contributed by atoms with Crippen molar-refractivity contribution in [2.24, 2.45) is 0 Å². The number of hydrogen-bond acceptors (Lipinski definition) is 5. The topological polar surface area (TPSA) is 83.4 Å². The Labute approximate surface area is 168 Å². The van der Waals surface area contributed by atoms with Crippen LogP contribution in [0.4, 0.5) is 23.0 Å². The van der Waals surface area contributed by atoms with Gasteiger partial charge in [0.15, 0.2) is 5.65 Å². The lowest BCUT2D eigenvalue weighted by Crippen LogP contribution is -2.10. The summed E-state index contributed by atoms with van der Waals surface area (Å²) in [5.41, 5.74) is 4.28. The minimum Gasteiger partial charge on any atom is -0.373 e. The van der Waals surface area contributed by atoms with E-state index in [0.717, 1.165) is 22.6 Å². The molecule has 0 bridgehead atoms. The summed E-state index contributed by atoms with van der Waals surface area (Å²) in [5, 5.41) is 13.7. The standard InChI is InChI=1S/C22H22N6O/c1-3-21(29)26-18-14-24-28-20(23-2)13-19(27-22(18)28)25-17-12-8-7-11-16(17)15-9-5-4-6-10-15/h4-14,23H,3H2,1-2H3,(H,25,27)(H,26,29). The lowest BCUT2D eigenvalue weighted by Gasteiger charge is -2.14. The van der Waals surface area contributed by atoms with Crippen LogP contribution in [0.15, 0.2) is 66.9 Å². The number of benzene rings is 2. The van der Waals surface area contributed by atoms with Gasteiger partial charge in [-0.1, -0.05) is 55.5 Å². The highest BCUT2D eigenvalue weighted by molar-refractivity contribution is 5.94. The van der Waals surface area contributed by atoms with Crippen LogP contribution in [0.5, 0.6) is 0 Å². The van der Waals surface area contributed by atoms with E-state index in [-0.39, 0.29) is 5.91 Å². The van der Waals surface area contributed by atoms with Crippen LogP contribution in [0.25, 0.3) is 16.8 Å². The lowest BCUT2D eigenvalue weighted by molar-refractivity contribution is -0.115. The number of carbonyl (C=O) groups is 1. The van der Waals surface area contributed by atoms with Gasteiger partial charge in [-0.15, -0.1) is 0 Å². The molecule has 0 fully saturated rings. The maximum Gasteiger partial charge on any atom is 0.224 e. The summed E-state index contributed by atoms with van der Waals surface area (Å²) in [5.74, 6) is 1.32. The number of nitrogens with one attached hydrogen (secondary N) is 3. The van der Waals surface area contributed by atoms with Gasteiger partial charge in [-0.25, -0.2) is 4.98 Å². The van der Waals surface area contributed by atoms with Gasteiger partial charge < -0.3 is 16.0 Å². The molecule has 0 aliphatic heterocycles. The van der Waals surface area contributed by atoms with Crippen molar-refractivity contribution < 1.29 is 4.79 Å². The Bertz CT molecular complexity index is 1150. The first-order valence-electron chi connectivity index (χ1n) is 9.47. The normalized spacial score (nSPS) is 10.7. The van der Waals surface area contributed by atoms with Gasteiger partial charge >= 0.3 is 0 Å². The van der Waals surface area contributed by atoms with Crippen molar-refractivity contribution in [3.63, 3.8) is 0 Å². The van der Waals surface area contributed by atoms with E-state index in [1.54, 1.807) is 17.6 Å². The molecule has 7 nitrogen and oxygen atoms in total. The third kappa shape index (κ3) is 3.75. The maximum absolute atomic E-state index is 11.8. The zero-order valence-corrected chi connectivity index (χ0v) is 16.3. The lowest BCUT2D eigenvalue weighted by atomic mass is 10.0. The Kier molecular flexibility index (Phi) is 5.11. The highest BCUT2D eigenvalue weighted by Gasteiger charge is 2.14. The van der Waals surface area contributed by atoms with Gasteiger partial charge in [-0.05, 0) is 11.6 Å². The highest BCUT2D eigenvalue weighted by Crippen LogP contribution is 2.31. The summed E-state index contributed by atoms with van der Waals surface area (Å²) < 4.78 is 1.67. The Balaban J connectivity index is 1.76. The summed E-state index contributed by atoms with van der Waals surface area (Å²) >= 11 is 0. The van der Waals surface area contributed by atoms with Gasteiger partial charge in [0.1, 0.15) is 17.3 Å². The van der Waals surface area contributed by atoms with Crippen LogP contribution in [-0.2, 0) is 4.79 Å². The molecule has 1 amide bonds. The number of para-hydroxylation sites is 1. The molecule has 2 heterocycles. The van der Waals surface area contributed by atoms with Gasteiger partial charge in [-0.3, -0.25) is 4.79 Å². The molecule has 7 heteroatoms. The predicted octanol–water partition coefficient (Wildman–Crippen LogP) is 4.53. The molecule has 0 aliphatic carbocycles. The number of carbonyl (C=O) groups excluding carboxylic acids is 1. The number of rotatable bonds is 6. The number of anilines is 4. The third-order valence-corrected chi connectivity index (χ3v) is 4.60. The summed E-state index contributed by atoms with van der Waals surface area (Å²) in [6.07, 6.45) is 2.00. The Morgan fingerprint density at radius 2 is 1.79 bits per heavy atom. The minimum absolute atomic E-state index is 0.0829. The third-order valence-electron chi connectivity index (χ3n) is 4.60. The van der Waals surface area contributed by atoms with Crippen molar-refractivity contribution in [3.05, 3.63) is 66.9 Å².